The molecule has 1 atom stereocenters. The van der Waals surface area contributed by atoms with Crippen molar-refractivity contribution in [1.29, 1.82) is 0 Å². The molecule has 0 bridgehead atoms. The fourth-order valence-electron chi connectivity index (χ4n) is 2.88. The predicted molar refractivity (Wildman–Crippen MR) is 109 cm³/mol. The van der Waals surface area contributed by atoms with Crippen molar-refractivity contribution in [3.63, 3.8) is 0 Å². The van der Waals surface area contributed by atoms with Crippen molar-refractivity contribution in [2.75, 3.05) is 26.7 Å². The lowest BCUT2D eigenvalue weighted by Gasteiger charge is -2.35. The summed E-state index contributed by atoms with van der Waals surface area (Å²) >= 11 is 0. The summed E-state index contributed by atoms with van der Waals surface area (Å²) in [7, 11) is 1.74. The minimum Gasteiger partial charge on any atom is -0.355 e. The van der Waals surface area contributed by atoms with Crippen LogP contribution in [0.4, 0.5) is 4.39 Å². The molecule has 0 aliphatic carbocycles. The standard InChI is InChI=1S/C18H29FN4.HI/c1-14-8-10-23(11-9-14)15(2)12-21-18(20-3)22-13-16-6-4-5-7-17(16)19;/h4-7,14-15H,8-13H2,1-3H3,(H2,20,21,22);1H. The number of piperidine rings is 1. The predicted octanol–water partition coefficient (Wildman–Crippen LogP) is 3.23. The Morgan fingerprint density at radius 1 is 1.29 bits per heavy atom. The Labute approximate surface area is 162 Å². The van der Waals surface area contributed by atoms with Gasteiger partial charge in [0.15, 0.2) is 5.96 Å². The monoisotopic (exact) mass is 448 g/mol. The van der Waals surface area contributed by atoms with Crippen molar-refractivity contribution in [2.24, 2.45) is 10.9 Å². The van der Waals surface area contributed by atoms with Crippen LogP contribution in [0.3, 0.4) is 0 Å². The molecule has 136 valence electrons. The highest BCUT2D eigenvalue weighted by atomic mass is 127. The van der Waals surface area contributed by atoms with Gasteiger partial charge in [-0.15, -0.1) is 24.0 Å². The molecule has 1 saturated heterocycles. The van der Waals surface area contributed by atoms with E-state index in [1.165, 1.54) is 32.0 Å². The van der Waals surface area contributed by atoms with Crippen molar-refractivity contribution in [2.45, 2.75) is 39.3 Å². The number of aliphatic imine (C=N–C) groups is 1. The lowest BCUT2D eigenvalue weighted by atomic mass is 9.98. The van der Waals surface area contributed by atoms with Crippen LogP contribution in [-0.2, 0) is 6.54 Å². The quantitative estimate of drug-likeness (QED) is 0.413. The summed E-state index contributed by atoms with van der Waals surface area (Å²) in [6.07, 6.45) is 2.56. The Morgan fingerprint density at radius 3 is 2.58 bits per heavy atom. The van der Waals surface area contributed by atoms with E-state index >= 15 is 0 Å². The van der Waals surface area contributed by atoms with E-state index in [1.54, 1.807) is 19.2 Å². The number of benzene rings is 1. The number of halogens is 2. The lowest BCUT2D eigenvalue weighted by molar-refractivity contribution is 0.147. The molecule has 24 heavy (non-hydrogen) atoms. The molecule has 1 aromatic carbocycles. The van der Waals surface area contributed by atoms with Crippen molar-refractivity contribution in [3.05, 3.63) is 35.6 Å². The number of rotatable bonds is 5. The Kier molecular flexibility index (Phi) is 9.58. The fraction of sp³-hybridized carbons (Fsp3) is 0.611. The van der Waals surface area contributed by atoms with E-state index in [0.717, 1.165) is 12.5 Å². The smallest absolute Gasteiger partial charge is 0.191 e. The first-order valence-electron chi connectivity index (χ1n) is 8.52. The van der Waals surface area contributed by atoms with Crippen molar-refractivity contribution in [3.8, 4) is 0 Å². The molecular formula is C18H30FIN4. The largest absolute Gasteiger partial charge is 0.355 e. The number of nitrogens with zero attached hydrogens (tertiary/aromatic N) is 2. The molecule has 2 rings (SSSR count). The van der Waals surface area contributed by atoms with E-state index < -0.39 is 0 Å². The van der Waals surface area contributed by atoms with Gasteiger partial charge in [0.05, 0.1) is 0 Å². The van der Waals surface area contributed by atoms with Crippen LogP contribution in [0.25, 0.3) is 0 Å². The van der Waals surface area contributed by atoms with Gasteiger partial charge in [-0.2, -0.15) is 0 Å². The molecule has 0 saturated carbocycles. The van der Waals surface area contributed by atoms with Gasteiger partial charge in [0.25, 0.3) is 0 Å². The third-order valence-corrected chi connectivity index (χ3v) is 4.63. The summed E-state index contributed by atoms with van der Waals surface area (Å²) in [5.74, 6) is 1.37. The second-order valence-electron chi connectivity index (χ2n) is 6.47. The van der Waals surface area contributed by atoms with Gasteiger partial charge in [-0.05, 0) is 44.8 Å². The molecule has 0 amide bonds. The van der Waals surface area contributed by atoms with Crippen LogP contribution in [0.15, 0.2) is 29.3 Å². The van der Waals surface area contributed by atoms with Gasteiger partial charge in [0, 0.05) is 31.7 Å². The van der Waals surface area contributed by atoms with Gasteiger partial charge in [-0.3, -0.25) is 9.89 Å². The van der Waals surface area contributed by atoms with E-state index in [0.29, 0.717) is 24.1 Å². The highest BCUT2D eigenvalue weighted by molar-refractivity contribution is 14.0. The van der Waals surface area contributed by atoms with Crippen LogP contribution in [0.1, 0.15) is 32.3 Å². The maximum Gasteiger partial charge on any atom is 0.191 e. The van der Waals surface area contributed by atoms with Crippen molar-refractivity contribution in [1.82, 2.24) is 15.5 Å². The van der Waals surface area contributed by atoms with Gasteiger partial charge in [-0.1, -0.05) is 25.1 Å². The molecular weight excluding hydrogens is 418 g/mol. The number of hydrogen-bond donors (Lipinski definition) is 2. The minimum atomic E-state index is -0.189. The minimum absolute atomic E-state index is 0. The zero-order valence-electron chi connectivity index (χ0n) is 14.9. The van der Waals surface area contributed by atoms with Crippen LogP contribution in [0.5, 0.6) is 0 Å². The van der Waals surface area contributed by atoms with E-state index in [1.807, 2.05) is 6.07 Å². The molecule has 1 aromatic rings. The highest BCUT2D eigenvalue weighted by Crippen LogP contribution is 2.17. The average Bonchev–Trinajstić information content (AvgIpc) is 2.57. The number of nitrogens with one attached hydrogen (secondary N) is 2. The van der Waals surface area contributed by atoms with E-state index in [-0.39, 0.29) is 29.8 Å². The first kappa shape index (κ1) is 21.2. The van der Waals surface area contributed by atoms with E-state index in [9.17, 15) is 4.39 Å². The summed E-state index contributed by atoms with van der Waals surface area (Å²) in [6, 6.07) is 7.28. The van der Waals surface area contributed by atoms with Crippen LogP contribution >= 0.6 is 24.0 Å². The van der Waals surface area contributed by atoms with Gasteiger partial charge >= 0.3 is 0 Å². The van der Waals surface area contributed by atoms with Crippen LogP contribution in [0, 0.1) is 11.7 Å². The number of hydrogen-bond acceptors (Lipinski definition) is 2. The topological polar surface area (TPSA) is 39.7 Å². The maximum atomic E-state index is 13.6. The molecule has 0 aromatic heterocycles. The third-order valence-electron chi connectivity index (χ3n) is 4.63. The highest BCUT2D eigenvalue weighted by Gasteiger charge is 2.20. The Balaban J connectivity index is 0.00000288. The molecule has 4 nitrogen and oxygen atoms in total. The van der Waals surface area contributed by atoms with Gasteiger partial charge in [-0.25, -0.2) is 4.39 Å². The lowest BCUT2D eigenvalue weighted by Crippen LogP contribution is -2.48. The molecule has 6 heteroatoms. The summed E-state index contributed by atoms with van der Waals surface area (Å²) < 4.78 is 13.6. The number of guanidine groups is 1. The third kappa shape index (κ3) is 6.55. The molecule has 0 spiro atoms. The zero-order valence-corrected chi connectivity index (χ0v) is 17.2. The molecule has 1 unspecified atom stereocenters. The van der Waals surface area contributed by atoms with Crippen LogP contribution in [-0.4, -0.2) is 43.6 Å². The summed E-state index contributed by atoms with van der Waals surface area (Å²) in [4.78, 5) is 6.74. The molecule has 0 radical (unpaired) electrons. The fourth-order valence-corrected chi connectivity index (χ4v) is 2.88. The second-order valence-corrected chi connectivity index (χ2v) is 6.47. The second kappa shape index (κ2) is 10.9. The van der Waals surface area contributed by atoms with E-state index in [4.69, 9.17) is 0 Å². The summed E-state index contributed by atoms with van der Waals surface area (Å²) in [5.41, 5.74) is 0.647. The Bertz CT molecular complexity index is 515. The Hall–Kier alpha value is -0.890. The van der Waals surface area contributed by atoms with Gasteiger partial charge in [0.1, 0.15) is 5.82 Å². The maximum absolute atomic E-state index is 13.6. The average molecular weight is 448 g/mol. The van der Waals surface area contributed by atoms with Crippen molar-refractivity contribution < 1.29 is 4.39 Å². The zero-order chi connectivity index (χ0) is 16.7. The van der Waals surface area contributed by atoms with Crippen molar-refractivity contribution >= 4 is 29.9 Å². The van der Waals surface area contributed by atoms with E-state index in [2.05, 4.69) is 34.4 Å². The molecule has 2 N–H and O–H groups in total. The normalized spacial score (nSPS) is 17.9. The molecule has 1 fully saturated rings. The summed E-state index contributed by atoms with van der Waals surface area (Å²) in [5, 5.41) is 6.51. The number of likely N-dealkylation sites (tertiary alicyclic amines) is 1. The first-order valence-corrected chi connectivity index (χ1v) is 8.52. The first-order chi connectivity index (χ1) is 11.1. The SMILES string of the molecule is CN=C(NCc1ccccc1F)NCC(C)N1CCC(C)CC1.I. The van der Waals surface area contributed by atoms with Gasteiger partial charge in [0.2, 0.25) is 0 Å². The van der Waals surface area contributed by atoms with Crippen LogP contribution < -0.4 is 10.6 Å². The Morgan fingerprint density at radius 2 is 1.96 bits per heavy atom. The molecule has 1 aliphatic rings. The summed E-state index contributed by atoms with van der Waals surface area (Å²) in [6.45, 7) is 8.19. The molecule has 1 heterocycles. The van der Waals surface area contributed by atoms with Crippen LogP contribution in [0.2, 0.25) is 0 Å². The molecule has 1 aliphatic heterocycles. The van der Waals surface area contributed by atoms with Gasteiger partial charge < -0.3 is 10.6 Å².